The maximum atomic E-state index is 13.0. The Labute approximate surface area is 120 Å². The van der Waals surface area contributed by atoms with Gasteiger partial charge in [0, 0.05) is 19.1 Å². The normalized spacial score (nSPS) is 32.1. The van der Waals surface area contributed by atoms with Crippen molar-refractivity contribution in [2.75, 3.05) is 13.1 Å². The number of aliphatic carboxylic acids is 1. The molecule has 0 radical (unpaired) electrons. The predicted octanol–water partition coefficient (Wildman–Crippen LogP) is 2.22. The average Bonchev–Trinajstić information content (AvgIpc) is 2.92. The molecule has 120 valence electrons. The van der Waals surface area contributed by atoms with Crippen LogP contribution in [0.2, 0.25) is 0 Å². The molecule has 1 aliphatic heterocycles. The summed E-state index contributed by atoms with van der Waals surface area (Å²) < 4.78 is 39.0. The third-order valence-electron chi connectivity index (χ3n) is 4.40. The zero-order chi connectivity index (χ0) is 15.8. The summed E-state index contributed by atoms with van der Waals surface area (Å²) in [6, 6.07) is -0.575. The van der Waals surface area contributed by atoms with Crippen molar-refractivity contribution in [3.63, 3.8) is 0 Å². The Hall–Kier alpha value is -1.47. The Morgan fingerprint density at radius 1 is 1.43 bits per heavy atom. The largest absolute Gasteiger partial charge is 0.481 e. The molecule has 2 aliphatic rings. The monoisotopic (exact) mass is 308 g/mol. The lowest BCUT2D eigenvalue weighted by molar-refractivity contribution is -0.226. The minimum Gasteiger partial charge on any atom is -0.481 e. The number of urea groups is 1. The van der Waals surface area contributed by atoms with E-state index in [0.717, 1.165) is 24.2 Å². The highest BCUT2D eigenvalue weighted by atomic mass is 19.4. The van der Waals surface area contributed by atoms with Gasteiger partial charge in [0.05, 0.1) is 0 Å². The fraction of sp³-hybridized carbons (Fsp3) is 0.846. The maximum absolute atomic E-state index is 13.0. The van der Waals surface area contributed by atoms with E-state index in [4.69, 9.17) is 5.11 Å². The van der Waals surface area contributed by atoms with Crippen molar-refractivity contribution in [3.05, 3.63) is 0 Å². The molecule has 2 fully saturated rings. The Morgan fingerprint density at radius 2 is 2.10 bits per heavy atom. The van der Waals surface area contributed by atoms with Crippen LogP contribution in [0, 0.1) is 11.3 Å². The number of nitrogens with one attached hydrogen (secondary N) is 1. The van der Waals surface area contributed by atoms with Crippen molar-refractivity contribution < 1.29 is 27.9 Å². The van der Waals surface area contributed by atoms with Crippen LogP contribution >= 0.6 is 0 Å². The second-order valence-electron chi connectivity index (χ2n) is 5.90. The topological polar surface area (TPSA) is 69.6 Å². The molecule has 0 aromatic carbocycles. The van der Waals surface area contributed by atoms with Crippen molar-refractivity contribution >= 4 is 12.0 Å². The molecule has 1 heterocycles. The third kappa shape index (κ3) is 2.94. The van der Waals surface area contributed by atoms with E-state index >= 15 is 0 Å². The van der Waals surface area contributed by atoms with Gasteiger partial charge >= 0.3 is 18.2 Å². The van der Waals surface area contributed by atoms with Gasteiger partial charge in [-0.25, -0.2) is 4.79 Å². The van der Waals surface area contributed by atoms with Gasteiger partial charge in [0.25, 0.3) is 0 Å². The molecule has 3 atom stereocenters. The standard InChI is InChI=1S/C13H19F3N2O3/c1-2-3-8-6-9(8)17-11(21)18-5-4-12(7-18,10(19)20)13(14,15)16/h8-9H,2-7H2,1H3,(H,17,21)(H,19,20). The number of likely N-dealkylation sites (tertiary alicyclic amines) is 1. The van der Waals surface area contributed by atoms with Gasteiger partial charge in [-0.3, -0.25) is 4.79 Å². The molecular formula is C13H19F3N2O3. The number of nitrogens with zero attached hydrogens (tertiary/aromatic N) is 1. The average molecular weight is 308 g/mol. The zero-order valence-electron chi connectivity index (χ0n) is 11.7. The van der Waals surface area contributed by atoms with Gasteiger partial charge in [0.2, 0.25) is 0 Å². The van der Waals surface area contributed by atoms with Crippen LogP contribution in [0.15, 0.2) is 0 Å². The molecule has 8 heteroatoms. The summed E-state index contributed by atoms with van der Waals surface area (Å²) in [6.07, 6.45) is -2.64. The molecule has 0 bridgehead atoms. The first-order valence-electron chi connectivity index (χ1n) is 7.07. The lowest BCUT2D eigenvalue weighted by Crippen LogP contribution is -2.49. The number of alkyl halides is 3. The predicted molar refractivity (Wildman–Crippen MR) is 67.6 cm³/mol. The fourth-order valence-electron chi connectivity index (χ4n) is 2.87. The Morgan fingerprint density at radius 3 is 2.57 bits per heavy atom. The van der Waals surface area contributed by atoms with Crippen LogP contribution in [-0.4, -0.2) is 47.3 Å². The van der Waals surface area contributed by atoms with Crippen LogP contribution in [0.25, 0.3) is 0 Å². The van der Waals surface area contributed by atoms with Crippen molar-refractivity contribution in [1.82, 2.24) is 10.2 Å². The maximum Gasteiger partial charge on any atom is 0.406 e. The second-order valence-corrected chi connectivity index (χ2v) is 5.90. The molecule has 21 heavy (non-hydrogen) atoms. The number of amides is 2. The number of hydrogen-bond acceptors (Lipinski definition) is 2. The number of halogens is 3. The van der Waals surface area contributed by atoms with Crippen LogP contribution in [0.5, 0.6) is 0 Å². The van der Waals surface area contributed by atoms with Gasteiger partial charge in [-0.05, 0) is 25.2 Å². The van der Waals surface area contributed by atoms with E-state index in [9.17, 15) is 22.8 Å². The number of carbonyl (C=O) groups excluding carboxylic acids is 1. The Balaban J connectivity index is 1.95. The first-order chi connectivity index (χ1) is 9.71. The zero-order valence-corrected chi connectivity index (χ0v) is 11.7. The molecule has 3 unspecified atom stereocenters. The highest BCUT2D eigenvalue weighted by Crippen LogP contribution is 2.46. The van der Waals surface area contributed by atoms with E-state index in [2.05, 4.69) is 5.32 Å². The Kier molecular flexibility index (Phi) is 4.08. The summed E-state index contributed by atoms with van der Waals surface area (Å²) in [6.45, 7) is 1.02. The molecule has 0 spiro atoms. The molecule has 5 nitrogen and oxygen atoms in total. The number of carbonyl (C=O) groups is 2. The van der Waals surface area contributed by atoms with Crippen molar-refractivity contribution in [3.8, 4) is 0 Å². The van der Waals surface area contributed by atoms with Crippen molar-refractivity contribution in [2.24, 2.45) is 11.3 Å². The Bertz CT molecular complexity index is 441. The number of hydrogen-bond donors (Lipinski definition) is 2. The summed E-state index contributed by atoms with van der Waals surface area (Å²) in [5, 5.41) is 11.6. The van der Waals surface area contributed by atoms with Gasteiger partial charge in [-0.2, -0.15) is 13.2 Å². The summed E-state index contributed by atoms with van der Waals surface area (Å²) in [5.74, 6) is -1.52. The highest BCUT2D eigenvalue weighted by Gasteiger charge is 2.64. The molecule has 0 aromatic heterocycles. The number of carboxylic acids is 1. The molecule has 2 rings (SSSR count). The molecule has 1 saturated carbocycles. The summed E-state index contributed by atoms with van der Waals surface area (Å²) in [7, 11) is 0. The van der Waals surface area contributed by atoms with Gasteiger partial charge in [-0.15, -0.1) is 0 Å². The molecule has 2 amide bonds. The van der Waals surface area contributed by atoms with Crippen LogP contribution in [-0.2, 0) is 4.79 Å². The van der Waals surface area contributed by atoms with E-state index < -0.39 is 36.6 Å². The summed E-state index contributed by atoms with van der Waals surface area (Å²) in [5.41, 5.74) is -2.84. The van der Waals surface area contributed by atoms with Crippen LogP contribution in [0.4, 0.5) is 18.0 Å². The van der Waals surface area contributed by atoms with Gasteiger partial charge in [-0.1, -0.05) is 13.3 Å². The van der Waals surface area contributed by atoms with Crippen LogP contribution in [0.1, 0.15) is 32.6 Å². The van der Waals surface area contributed by atoms with E-state index in [-0.39, 0.29) is 12.6 Å². The minimum absolute atomic E-state index is 0.0168. The second kappa shape index (κ2) is 5.38. The van der Waals surface area contributed by atoms with Gasteiger partial charge in [0.1, 0.15) is 0 Å². The fourth-order valence-corrected chi connectivity index (χ4v) is 2.87. The highest BCUT2D eigenvalue weighted by molar-refractivity contribution is 5.80. The molecular weight excluding hydrogens is 289 g/mol. The molecule has 0 aromatic rings. The number of rotatable bonds is 4. The number of carboxylic acid groups (broad SMARTS) is 1. The van der Waals surface area contributed by atoms with E-state index in [1.807, 2.05) is 6.92 Å². The lowest BCUT2D eigenvalue weighted by Gasteiger charge is -2.27. The van der Waals surface area contributed by atoms with E-state index in [1.54, 1.807) is 0 Å². The first-order valence-corrected chi connectivity index (χ1v) is 7.07. The van der Waals surface area contributed by atoms with Gasteiger partial charge in [0.15, 0.2) is 5.41 Å². The SMILES string of the molecule is CCCC1CC1NC(=O)N1CCC(C(=O)O)(C(F)(F)F)C1. The summed E-state index contributed by atoms with van der Waals surface area (Å²) in [4.78, 5) is 23.9. The molecule has 1 saturated heterocycles. The quantitative estimate of drug-likeness (QED) is 0.836. The van der Waals surface area contributed by atoms with Crippen molar-refractivity contribution in [1.29, 1.82) is 0 Å². The van der Waals surface area contributed by atoms with Crippen molar-refractivity contribution in [2.45, 2.75) is 44.8 Å². The van der Waals surface area contributed by atoms with Crippen LogP contribution < -0.4 is 5.32 Å². The molecule has 1 aliphatic carbocycles. The van der Waals surface area contributed by atoms with Gasteiger partial charge < -0.3 is 15.3 Å². The smallest absolute Gasteiger partial charge is 0.406 e. The summed E-state index contributed by atoms with van der Waals surface area (Å²) >= 11 is 0. The van der Waals surface area contributed by atoms with E-state index in [0.29, 0.717) is 5.92 Å². The first kappa shape index (κ1) is 15.9. The molecule has 2 N–H and O–H groups in total. The van der Waals surface area contributed by atoms with E-state index in [1.165, 1.54) is 0 Å². The van der Waals surface area contributed by atoms with Crippen LogP contribution in [0.3, 0.4) is 0 Å². The third-order valence-corrected chi connectivity index (χ3v) is 4.40. The minimum atomic E-state index is -4.86. The lowest BCUT2D eigenvalue weighted by atomic mass is 9.86.